The molecule has 106 valence electrons. The van der Waals surface area contributed by atoms with Crippen molar-refractivity contribution < 1.29 is 10.0 Å². The highest BCUT2D eigenvalue weighted by Gasteiger charge is 2.12. The smallest absolute Gasteiger partial charge is 0.272 e. The van der Waals surface area contributed by atoms with Crippen LogP contribution in [0.5, 0.6) is 0 Å². The van der Waals surface area contributed by atoms with Crippen LogP contribution in [0.4, 0.5) is 5.69 Å². The fourth-order valence-electron chi connectivity index (χ4n) is 1.86. The van der Waals surface area contributed by atoms with E-state index in [0.717, 1.165) is 16.4 Å². The van der Waals surface area contributed by atoms with Crippen LogP contribution < -0.4 is 0 Å². The number of nitrogens with zero attached hydrogens (tertiary/aromatic N) is 3. The lowest BCUT2D eigenvalue weighted by molar-refractivity contribution is -0.385. The number of rotatable bonds is 6. The van der Waals surface area contributed by atoms with Crippen LogP contribution in [0.25, 0.3) is 0 Å². The van der Waals surface area contributed by atoms with E-state index in [1.165, 1.54) is 17.8 Å². The molecule has 0 aliphatic heterocycles. The van der Waals surface area contributed by atoms with Crippen LogP contribution >= 0.6 is 11.8 Å². The summed E-state index contributed by atoms with van der Waals surface area (Å²) in [4.78, 5) is 14.8. The molecule has 2 aromatic rings. The summed E-state index contributed by atoms with van der Waals surface area (Å²) < 4.78 is 1.82. The summed E-state index contributed by atoms with van der Waals surface area (Å²) in [6.45, 7) is -0.0474. The predicted octanol–water partition coefficient (Wildman–Crippen LogP) is 2.16. The number of nitro benzene ring substituents is 1. The Hall–Kier alpha value is -1.86. The summed E-state index contributed by atoms with van der Waals surface area (Å²) in [5.41, 5.74) is 1.63. The van der Waals surface area contributed by atoms with Gasteiger partial charge in [0.25, 0.3) is 5.69 Å². The average molecular weight is 293 g/mol. The molecule has 1 heterocycles. The van der Waals surface area contributed by atoms with Crippen molar-refractivity contribution in [1.82, 2.24) is 9.55 Å². The van der Waals surface area contributed by atoms with Crippen molar-refractivity contribution in [1.29, 1.82) is 0 Å². The lowest BCUT2D eigenvalue weighted by Gasteiger charge is -2.04. The number of benzene rings is 1. The van der Waals surface area contributed by atoms with Crippen molar-refractivity contribution in [3.05, 3.63) is 51.8 Å². The molecule has 0 aliphatic rings. The molecule has 0 radical (unpaired) electrons. The van der Waals surface area contributed by atoms with Gasteiger partial charge in [0.1, 0.15) is 0 Å². The predicted molar refractivity (Wildman–Crippen MR) is 76.7 cm³/mol. The second-order valence-electron chi connectivity index (χ2n) is 4.23. The Morgan fingerprint density at radius 1 is 1.45 bits per heavy atom. The summed E-state index contributed by atoms with van der Waals surface area (Å²) in [7, 11) is 1.84. The highest BCUT2D eigenvalue weighted by Crippen LogP contribution is 2.22. The number of hydrogen-bond acceptors (Lipinski definition) is 5. The maximum atomic E-state index is 10.9. The van der Waals surface area contributed by atoms with Crippen molar-refractivity contribution in [2.45, 2.75) is 18.2 Å². The standard InChI is InChI=1S/C13H15N3O3S/c1-15-11(9-17)8-14-13(15)20-7-6-10-4-2-3-5-12(10)16(18)19/h2-5,8,17H,6-7,9H2,1H3. The molecule has 0 bridgehead atoms. The molecule has 0 saturated carbocycles. The van der Waals surface area contributed by atoms with Gasteiger partial charge in [0.2, 0.25) is 0 Å². The van der Waals surface area contributed by atoms with Crippen LogP contribution in [0.3, 0.4) is 0 Å². The maximum absolute atomic E-state index is 10.9. The van der Waals surface area contributed by atoms with Crippen LogP contribution in [0.1, 0.15) is 11.3 Å². The quantitative estimate of drug-likeness (QED) is 0.501. The number of thioether (sulfide) groups is 1. The van der Waals surface area contributed by atoms with Gasteiger partial charge in [0, 0.05) is 24.4 Å². The van der Waals surface area contributed by atoms with Crippen molar-refractivity contribution in [3.63, 3.8) is 0 Å². The molecule has 0 atom stereocenters. The minimum Gasteiger partial charge on any atom is -0.390 e. The van der Waals surface area contributed by atoms with Crippen LogP contribution in [0.15, 0.2) is 35.6 Å². The van der Waals surface area contributed by atoms with E-state index in [1.54, 1.807) is 24.4 Å². The first-order valence-corrected chi connectivity index (χ1v) is 7.08. The number of aromatic nitrogens is 2. The van der Waals surface area contributed by atoms with E-state index in [9.17, 15) is 10.1 Å². The molecular weight excluding hydrogens is 278 g/mol. The Labute approximate surface area is 120 Å². The van der Waals surface area contributed by atoms with E-state index in [4.69, 9.17) is 5.11 Å². The lowest BCUT2D eigenvalue weighted by atomic mass is 10.1. The Balaban J connectivity index is 1.99. The first kappa shape index (κ1) is 14.5. The van der Waals surface area contributed by atoms with Crippen molar-refractivity contribution >= 4 is 17.4 Å². The minimum absolute atomic E-state index is 0.0474. The Morgan fingerprint density at radius 2 is 2.20 bits per heavy atom. The summed E-state index contributed by atoms with van der Waals surface area (Å²) in [6.07, 6.45) is 2.23. The molecule has 20 heavy (non-hydrogen) atoms. The zero-order valence-corrected chi connectivity index (χ0v) is 11.8. The van der Waals surface area contributed by atoms with Gasteiger partial charge >= 0.3 is 0 Å². The molecule has 7 heteroatoms. The van der Waals surface area contributed by atoms with Crippen molar-refractivity contribution in [2.75, 3.05) is 5.75 Å². The third-order valence-corrected chi connectivity index (χ3v) is 4.04. The number of aliphatic hydroxyl groups is 1. The molecule has 0 aliphatic carbocycles. The monoisotopic (exact) mass is 293 g/mol. The van der Waals surface area contributed by atoms with Crippen molar-refractivity contribution in [2.24, 2.45) is 7.05 Å². The molecule has 0 amide bonds. The van der Waals surface area contributed by atoms with E-state index >= 15 is 0 Å². The van der Waals surface area contributed by atoms with Gasteiger partial charge in [-0.15, -0.1) is 0 Å². The highest BCUT2D eigenvalue weighted by atomic mass is 32.2. The second-order valence-corrected chi connectivity index (χ2v) is 5.30. The van der Waals surface area contributed by atoms with Gasteiger partial charge in [-0.3, -0.25) is 10.1 Å². The Morgan fingerprint density at radius 3 is 2.85 bits per heavy atom. The van der Waals surface area contributed by atoms with E-state index < -0.39 is 0 Å². The lowest BCUT2D eigenvalue weighted by Crippen LogP contribution is -2.00. The summed E-state index contributed by atoms with van der Waals surface area (Å²) in [6, 6.07) is 6.76. The van der Waals surface area contributed by atoms with Gasteiger partial charge in [-0.25, -0.2) is 4.98 Å². The number of aliphatic hydroxyl groups excluding tert-OH is 1. The van der Waals surface area contributed by atoms with Gasteiger partial charge in [0.05, 0.1) is 23.4 Å². The molecule has 6 nitrogen and oxygen atoms in total. The number of para-hydroxylation sites is 1. The third-order valence-electron chi connectivity index (χ3n) is 2.99. The van der Waals surface area contributed by atoms with Gasteiger partial charge in [-0.2, -0.15) is 0 Å². The van der Waals surface area contributed by atoms with Crippen LogP contribution in [0.2, 0.25) is 0 Å². The van der Waals surface area contributed by atoms with Gasteiger partial charge in [-0.05, 0) is 6.42 Å². The average Bonchev–Trinajstić information content (AvgIpc) is 2.80. The number of aryl methyl sites for hydroxylation is 1. The van der Waals surface area contributed by atoms with Crippen LogP contribution in [-0.2, 0) is 20.1 Å². The fourth-order valence-corrected chi connectivity index (χ4v) is 2.80. The van der Waals surface area contributed by atoms with Gasteiger partial charge in [0.15, 0.2) is 5.16 Å². The number of hydrogen-bond donors (Lipinski definition) is 1. The summed E-state index contributed by atoms with van der Waals surface area (Å²) >= 11 is 1.52. The zero-order chi connectivity index (χ0) is 14.5. The topological polar surface area (TPSA) is 81.2 Å². The molecule has 0 fully saturated rings. The Kier molecular flexibility index (Phi) is 4.75. The molecule has 0 unspecified atom stereocenters. The second kappa shape index (κ2) is 6.53. The van der Waals surface area contributed by atoms with E-state index in [1.807, 2.05) is 11.6 Å². The Bertz CT molecular complexity index is 613. The zero-order valence-electron chi connectivity index (χ0n) is 11.0. The molecule has 1 aromatic heterocycles. The summed E-state index contributed by atoms with van der Waals surface area (Å²) in [5, 5.41) is 20.8. The molecular formula is C13H15N3O3S. The molecule has 0 saturated heterocycles. The van der Waals surface area contributed by atoms with Gasteiger partial charge < -0.3 is 9.67 Å². The largest absolute Gasteiger partial charge is 0.390 e. The molecule has 0 spiro atoms. The SMILES string of the molecule is Cn1c(CO)cnc1SCCc1ccccc1[N+](=O)[O-]. The van der Waals surface area contributed by atoms with E-state index in [2.05, 4.69) is 4.98 Å². The first-order chi connectivity index (χ1) is 9.63. The minimum atomic E-state index is -0.357. The highest BCUT2D eigenvalue weighted by molar-refractivity contribution is 7.99. The molecule has 1 N–H and O–H groups in total. The van der Waals surface area contributed by atoms with E-state index in [0.29, 0.717) is 12.2 Å². The van der Waals surface area contributed by atoms with Crippen LogP contribution in [0, 0.1) is 10.1 Å². The van der Waals surface area contributed by atoms with E-state index in [-0.39, 0.29) is 17.2 Å². The molecule has 2 rings (SSSR count). The first-order valence-electron chi connectivity index (χ1n) is 6.10. The maximum Gasteiger partial charge on any atom is 0.272 e. The third kappa shape index (κ3) is 3.17. The molecule has 1 aromatic carbocycles. The summed E-state index contributed by atoms with van der Waals surface area (Å²) in [5.74, 6) is 0.695. The van der Waals surface area contributed by atoms with Crippen molar-refractivity contribution in [3.8, 4) is 0 Å². The number of imidazole rings is 1. The van der Waals surface area contributed by atoms with Crippen LogP contribution in [-0.4, -0.2) is 25.3 Å². The van der Waals surface area contributed by atoms with Gasteiger partial charge in [-0.1, -0.05) is 30.0 Å². The normalized spacial score (nSPS) is 10.7. The number of nitro groups is 1. The fraction of sp³-hybridized carbons (Fsp3) is 0.308.